The van der Waals surface area contributed by atoms with Crippen molar-refractivity contribution in [2.45, 2.75) is 19.0 Å². The third kappa shape index (κ3) is 2.26. The molecule has 0 saturated carbocycles. The van der Waals surface area contributed by atoms with E-state index in [4.69, 9.17) is 4.98 Å². The summed E-state index contributed by atoms with van der Waals surface area (Å²) in [7, 11) is 0. The number of carbonyl (C=O) groups is 2. The normalized spacial score (nSPS) is 19.0. The average molecular weight is 382 g/mol. The number of anilines is 2. The van der Waals surface area contributed by atoms with Crippen molar-refractivity contribution in [1.82, 2.24) is 9.55 Å². The summed E-state index contributed by atoms with van der Waals surface area (Å²) in [6, 6.07) is 21.0. The lowest BCUT2D eigenvalue weighted by atomic mass is 10.1. The molecule has 3 heterocycles. The summed E-state index contributed by atoms with van der Waals surface area (Å²) in [6.45, 7) is 1.45. The molecule has 6 nitrogen and oxygen atoms in total. The first kappa shape index (κ1) is 16.3. The van der Waals surface area contributed by atoms with E-state index in [1.54, 1.807) is 0 Å². The van der Waals surface area contributed by atoms with Gasteiger partial charge in [-0.2, -0.15) is 0 Å². The second kappa shape index (κ2) is 5.91. The van der Waals surface area contributed by atoms with E-state index in [1.807, 2.05) is 71.6 Å². The number of para-hydroxylation sites is 2. The molecule has 2 aliphatic rings. The highest BCUT2D eigenvalue weighted by atomic mass is 16.2. The number of aromatic nitrogens is 2. The minimum absolute atomic E-state index is 0.161. The second-order valence-electron chi connectivity index (χ2n) is 7.53. The minimum atomic E-state index is -0.514. The molecular weight excluding hydrogens is 364 g/mol. The van der Waals surface area contributed by atoms with Gasteiger partial charge in [-0.25, -0.2) is 9.88 Å². The van der Waals surface area contributed by atoms with E-state index in [2.05, 4.69) is 4.57 Å². The summed E-state index contributed by atoms with van der Waals surface area (Å²) in [5, 5.41) is 1.92. The number of amides is 2. The Kier molecular flexibility index (Phi) is 3.32. The van der Waals surface area contributed by atoms with Crippen LogP contribution in [0.2, 0.25) is 0 Å². The SMILES string of the molecule is O=C1CC(N2CCn3c2nc2ccccc23)C(=O)N1c1cccc2ccccc12. The Hall–Kier alpha value is -3.67. The molecule has 1 fully saturated rings. The van der Waals surface area contributed by atoms with Crippen LogP contribution in [0.4, 0.5) is 11.6 Å². The van der Waals surface area contributed by atoms with Crippen molar-refractivity contribution in [2.24, 2.45) is 0 Å². The monoisotopic (exact) mass is 382 g/mol. The van der Waals surface area contributed by atoms with Crippen LogP contribution in [-0.4, -0.2) is 34.0 Å². The van der Waals surface area contributed by atoms with Crippen molar-refractivity contribution in [2.75, 3.05) is 16.3 Å². The minimum Gasteiger partial charge on any atom is -0.328 e. The number of rotatable bonds is 2. The molecular formula is C23H18N4O2. The topological polar surface area (TPSA) is 58.4 Å². The fourth-order valence-electron chi connectivity index (χ4n) is 4.62. The van der Waals surface area contributed by atoms with Crippen molar-refractivity contribution in [3.63, 3.8) is 0 Å². The van der Waals surface area contributed by atoms with Gasteiger partial charge in [0.15, 0.2) is 0 Å². The summed E-state index contributed by atoms with van der Waals surface area (Å²) in [5.41, 5.74) is 2.64. The number of imidazole rings is 1. The number of benzene rings is 3. The molecule has 0 aliphatic carbocycles. The van der Waals surface area contributed by atoms with Gasteiger partial charge in [0.25, 0.3) is 5.91 Å². The van der Waals surface area contributed by atoms with Gasteiger partial charge in [-0.3, -0.25) is 9.59 Å². The summed E-state index contributed by atoms with van der Waals surface area (Å²) >= 11 is 0. The quantitative estimate of drug-likeness (QED) is 0.499. The Morgan fingerprint density at radius 2 is 1.66 bits per heavy atom. The molecule has 1 aromatic heterocycles. The van der Waals surface area contributed by atoms with Crippen molar-refractivity contribution >= 4 is 45.3 Å². The third-order valence-corrected chi connectivity index (χ3v) is 5.96. The van der Waals surface area contributed by atoms with Gasteiger partial charge < -0.3 is 9.47 Å². The Balaban J connectivity index is 1.41. The van der Waals surface area contributed by atoms with E-state index >= 15 is 0 Å². The van der Waals surface area contributed by atoms with Crippen LogP contribution >= 0.6 is 0 Å². The molecule has 1 unspecified atom stereocenters. The molecule has 6 rings (SSSR count). The first-order chi connectivity index (χ1) is 14.2. The third-order valence-electron chi connectivity index (χ3n) is 5.96. The second-order valence-corrected chi connectivity index (χ2v) is 7.53. The van der Waals surface area contributed by atoms with E-state index in [9.17, 15) is 9.59 Å². The van der Waals surface area contributed by atoms with Crippen LogP contribution < -0.4 is 9.80 Å². The fraction of sp³-hybridized carbons (Fsp3) is 0.174. The van der Waals surface area contributed by atoms with Gasteiger partial charge in [-0.05, 0) is 23.6 Å². The summed E-state index contributed by atoms with van der Waals surface area (Å²) in [5.74, 6) is 0.440. The molecule has 142 valence electrons. The molecule has 1 saturated heterocycles. The van der Waals surface area contributed by atoms with E-state index in [0.29, 0.717) is 12.2 Å². The Bertz CT molecular complexity index is 1300. The van der Waals surface area contributed by atoms with Crippen LogP contribution in [0.15, 0.2) is 66.7 Å². The van der Waals surface area contributed by atoms with Crippen molar-refractivity contribution < 1.29 is 9.59 Å². The molecule has 2 amide bonds. The smallest absolute Gasteiger partial charge is 0.257 e. The summed E-state index contributed by atoms with van der Waals surface area (Å²) in [6.07, 6.45) is 0.172. The Morgan fingerprint density at radius 3 is 2.59 bits per heavy atom. The van der Waals surface area contributed by atoms with Gasteiger partial charge in [-0.1, -0.05) is 48.5 Å². The highest BCUT2D eigenvalue weighted by Crippen LogP contribution is 2.35. The maximum absolute atomic E-state index is 13.4. The van der Waals surface area contributed by atoms with Crippen molar-refractivity contribution in [3.8, 4) is 0 Å². The lowest BCUT2D eigenvalue weighted by Gasteiger charge is -2.23. The van der Waals surface area contributed by atoms with Crippen LogP contribution in [0.1, 0.15) is 6.42 Å². The zero-order chi connectivity index (χ0) is 19.5. The number of carbonyl (C=O) groups excluding carboxylic acids is 2. The van der Waals surface area contributed by atoms with Crippen molar-refractivity contribution in [3.05, 3.63) is 66.7 Å². The fourth-order valence-corrected chi connectivity index (χ4v) is 4.62. The van der Waals surface area contributed by atoms with E-state index in [0.717, 1.165) is 34.3 Å². The maximum atomic E-state index is 13.4. The first-order valence-electron chi connectivity index (χ1n) is 9.79. The van der Waals surface area contributed by atoms with E-state index < -0.39 is 6.04 Å². The molecule has 0 radical (unpaired) electrons. The number of hydrogen-bond acceptors (Lipinski definition) is 4. The van der Waals surface area contributed by atoms with Crippen LogP contribution in [0, 0.1) is 0 Å². The zero-order valence-corrected chi connectivity index (χ0v) is 15.7. The number of fused-ring (bicyclic) bond motifs is 4. The van der Waals surface area contributed by atoms with Crippen LogP contribution in [-0.2, 0) is 16.1 Å². The van der Waals surface area contributed by atoms with Crippen LogP contribution in [0.5, 0.6) is 0 Å². The van der Waals surface area contributed by atoms with Crippen LogP contribution in [0.25, 0.3) is 21.8 Å². The Labute approximate surface area is 167 Å². The van der Waals surface area contributed by atoms with Gasteiger partial charge >= 0.3 is 0 Å². The lowest BCUT2D eigenvalue weighted by Crippen LogP contribution is -2.41. The largest absolute Gasteiger partial charge is 0.328 e. The maximum Gasteiger partial charge on any atom is 0.257 e. The first-order valence-corrected chi connectivity index (χ1v) is 9.79. The average Bonchev–Trinajstić information content (AvgIpc) is 3.39. The molecule has 2 aliphatic heterocycles. The predicted octanol–water partition coefficient (Wildman–Crippen LogP) is 3.34. The standard InChI is InChI=1S/C23H18N4O2/c28-21-14-20(26-13-12-25-19-10-4-3-9-17(19)24-23(25)26)22(29)27(21)18-11-5-7-15-6-1-2-8-16(15)18/h1-11,20H,12-14H2. The molecule has 6 heteroatoms. The summed E-state index contributed by atoms with van der Waals surface area (Å²) in [4.78, 5) is 34.4. The molecule has 1 atom stereocenters. The van der Waals surface area contributed by atoms with Gasteiger partial charge in [0, 0.05) is 18.5 Å². The molecule has 0 bridgehead atoms. The summed E-state index contributed by atoms with van der Waals surface area (Å²) < 4.78 is 2.13. The number of hydrogen-bond donors (Lipinski definition) is 0. The number of nitrogens with zero attached hydrogens (tertiary/aromatic N) is 4. The van der Waals surface area contributed by atoms with Gasteiger partial charge in [-0.15, -0.1) is 0 Å². The highest BCUT2D eigenvalue weighted by Gasteiger charge is 2.45. The zero-order valence-electron chi connectivity index (χ0n) is 15.7. The molecule has 0 spiro atoms. The molecule has 3 aromatic carbocycles. The highest BCUT2D eigenvalue weighted by molar-refractivity contribution is 6.26. The molecule has 4 aromatic rings. The van der Waals surface area contributed by atoms with E-state index in [-0.39, 0.29) is 18.2 Å². The van der Waals surface area contributed by atoms with Crippen molar-refractivity contribution in [1.29, 1.82) is 0 Å². The van der Waals surface area contributed by atoms with Crippen LogP contribution in [0.3, 0.4) is 0 Å². The van der Waals surface area contributed by atoms with Gasteiger partial charge in [0.2, 0.25) is 11.9 Å². The van der Waals surface area contributed by atoms with E-state index in [1.165, 1.54) is 4.90 Å². The Morgan fingerprint density at radius 1 is 0.862 bits per heavy atom. The molecule has 0 N–H and O–H groups in total. The predicted molar refractivity (Wildman–Crippen MR) is 112 cm³/mol. The molecule has 29 heavy (non-hydrogen) atoms. The van der Waals surface area contributed by atoms with Gasteiger partial charge in [0.1, 0.15) is 6.04 Å². The van der Waals surface area contributed by atoms with Gasteiger partial charge in [0.05, 0.1) is 23.1 Å². The number of imide groups is 1. The lowest BCUT2D eigenvalue weighted by molar-refractivity contribution is -0.121.